The van der Waals surface area contributed by atoms with E-state index in [4.69, 9.17) is 0 Å². The molecule has 0 heterocycles. The second kappa shape index (κ2) is 15.9. The van der Waals surface area contributed by atoms with Crippen LogP contribution < -0.4 is 0 Å². The first kappa shape index (κ1) is 22.7. The van der Waals surface area contributed by atoms with E-state index in [0.29, 0.717) is 12.2 Å². The lowest BCUT2D eigenvalue weighted by Crippen LogP contribution is -1.99. The first-order valence-electron chi connectivity index (χ1n) is 11.0. The maximum absolute atomic E-state index is 12.2. The fourth-order valence-electron chi connectivity index (χ4n) is 3.44. The number of carbonyl (C=O) groups excluding carboxylic acids is 1. The molecule has 146 valence electrons. The van der Waals surface area contributed by atoms with E-state index in [-0.39, 0.29) is 0 Å². The highest BCUT2D eigenvalue weighted by atomic mass is 16.1. The largest absolute Gasteiger partial charge is 0.294 e. The van der Waals surface area contributed by atoms with Gasteiger partial charge in [-0.3, -0.25) is 4.79 Å². The maximum Gasteiger partial charge on any atom is 0.162 e. The molecule has 0 N–H and O–H groups in total. The van der Waals surface area contributed by atoms with Crippen LogP contribution in [0.2, 0.25) is 0 Å². The SMILES string of the molecule is C=CCc1ccc(C(=O)CCCCCCCCCCCCCCC)cc1. The van der Waals surface area contributed by atoms with Gasteiger partial charge in [-0.25, -0.2) is 0 Å². The van der Waals surface area contributed by atoms with Crippen LogP contribution in [0.25, 0.3) is 0 Å². The number of allylic oxidation sites excluding steroid dienone is 1. The Kier molecular flexibility index (Phi) is 13.8. The van der Waals surface area contributed by atoms with E-state index in [1.807, 2.05) is 30.3 Å². The van der Waals surface area contributed by atoms with E-state index in [2.05, 4.69) is 13.5 Å². The van der Waals surface area contributed by atoms with Crippen LogP contribution in [0.1, 0.15) is 113 Å². The Bertz CT molecular complexity index is 471. The molecule has 26 heavy (non-hydrogen) atoms. The van der Waals surface area contributed by atoms with Gasteiger partial charge in [-0.05, 0) is 18.4 Å². The predicted molar refractivity (Wildman–Crippen MR) is 115 cm³/mol. The van der Waals surface area contributed by atoms with Crippen molar-refractivity contribution >= 4 is 5.78 Å². The Morgan fingerprint density at radius 2 is 1.23 bits per heavy atom. The number of carbonyl (C=O) groups is 1. The van der Waals surface area contributed by atoms with Crippen LogP contribution in [-0.2, 0) is 6.42 Å². The number of unbranched alkanes of at least 4 members (excludes halogenated alkanes) is 12. The summed E-state index contributed by atoms with van der Waals surface area (Å²) >= 11 is 0. The van der Waals surface area contributed by atoms with Crippen LogP contribution in [-0.4, -0.2) is 5.78 Å². The molecule has 0 saturated heterocycles. The van der Waals surface area contributed by atoms with Crippen molar-refractivity contribution in [1.29, 1.82) is 0 Å². The second-order valence-corrected chi connectivity index (χ2v) is 7.61. The molecule has 0 spiro atoms. The molecular formula is C25H40O. The molecule has 0 radical (unpaired) electrons. The van der Waals surface area contributed by atoms with E-state index in [0.717, 1.165) is 18.4 Å². The number of benzene rings is 1. The lowest BCUT2D eigenvalue weighted by atomic mass is 10.0. The summed E-state index contributed by atoms with van der Waals surface area (Å²) in [5.74, 6) is 0.290. The Morgan fingerprint density at radius 1 is 0.769 bits per heavy atom. The molecule has 0 bridgehead atoms. The van der Waals surface area contributed by atoms with Crippen molar-refractivity contribution in [3.63, 3.8) is 0 Å². The average Bonchev–Trinajstić information content (AvgIpc) is 2.66. The topological polar surface area (TPSA) is 17.1 Å². The molecule has 0 saturated carbocycles. The minimum Gasteiger partial charge on any atom is -0.294 e. The minimum atomic E-state index is 0.290. The van der Waals surface area contributed by atoms with Gasteiger partial charge in [0.2, 0.25) is 0 Å². The van der Waals surface area contributed by atoms with E-state index >= 15 is 0 Å². The molecule has 0 aliphatic heterocycles. The van der Waals surface area contributed by atoms with Crippen molar-refractivity contribution < 1.29 is 4.79 Å². The molecule has 0 aliphatic carbocycles. The third kappa shape index (κ3) is 11.3. The zero-order valence-corrected chi connectivity index (χ0v) is 17.1. The van der Waals surface area contributed by atoms with Crippen molar-refractivity contribution in [2.24, 2.45) is 0 Å². The zero-order chi connectivity index (χ0) is 18.9. The monoisotopic (exact) mass is 356 g/mol. The molecule has 1 aromatic rings. The summed E-state index contributed by atoms with van der Waals surface area (Å²) in [5, 5.41) is 0. The Balaban J connectivity index is 1.93. The first-order valence-corrected chi connectivity index (χ1v) is 11.0. The lowest BCUT2D eigenvalue weighted by Gasteiger charge is -2.04. The normalized spacial score (nSPS) is 10.8. The maximum atomic E-state index is 12.2. The first-order chi connectivity index (χ1) is 12.8. The van der Waals surface area contributed by atoms with Crippen LogP contribution in [0.3, 0.4) is 0 Å². The molecule has 1 heteroatoms. The van der Waals surface area contributed by atoms with Gasteiger partial charge in [-0.1, -0.05) is 114 Å². The van der Waals surface area contributed by atoms with Crippen LogP contribution in [0, 0.1) is 0 Å². The van der Waals surface area contributed by atoms with Gasteiger partial charge < -0.3 is 0 Å². The van der Waals surface area contributed by atoms with Crippen molar-refractivity contribution in [3.8, 4) is 0 Å². The van der Waals surface area contributed by atoms with Gasteiger partial charge in [0.25, 0.3) is 0 Å². The second-order valence-electron chi connectivity index (χ2n) is 7.61. The molecule has 1 rings (SSSR count). The molecule has 0 unspecified atom stereocenters. The van der Waals surface area contributed by atoms with Crippen LogP contribution >= 0.6 is 0 Å². The Hall–Kier alpha value is -1.37. The third-order valence-electron chi connectivity index (χ3n) is 5.16. The van der Waals surface area contributed by atoms with E-state index < -0.39 is 0 Å². The summed E-state index contributed by atoms with van der Waals surface area (Å²) in [6, 6.07) is 8.00. The Morgan fingerprint density at radius 3 is 1.69 bits per heavy atom. The molecule has 0 aliphatic rings. The highest BCUT2D eigenvalue weighted by Gasteiger charge is 2.05. The van der Waals surface area contributed by atoms with Crippen molar-refractivity contribution in [2.45, 2.75) is 103 Å². The molecule has 0 amide bonds. The van der Waals surface area contributed by atoms with Gasteiger partial charge in [0.05, 0.1) is 0 Å². The van der Waals surface area contributed by atoms with Gasteiger partial charge in [-0.15, -0.1) is 6.58 Å². The standard InChI is InChI=1S/C25H40O/c1-3-5-6-7-8-9-10-11-12-13-14-15-16-18-25(26)24-21-19-23(17-4-2)20-22-24/h4,19-22H,2-3,5-18H2,1H3. The molecule has 0 atom stereocenters. The summed E-state index contributed by atoms with van der Waals surface area (Å²) in [4.78, 5) is 12.2. The summed E-state index contributed by atoms with van der Waals surface area (Å²) < 4.78 is 0. The molecular weight excluding hydrogens is 316 g/mol. The van der Waals surface area contributed by atoms with E-state index in [9.17, 15) is 4.79 Å². The van der Waals surface area contributed by atoms with Gasteiger partial charge in [-0.2, -0.15) is 0 Å². The highest BCUT2D eigenvalue weighted by molar-refractivity contribution is 5.96. The lowest BCUT2D eigenvalue weighted by molar-refractivity contribution is 0.0979. The smallest absolute Gasteiger partial charge is 0.162 e. The number of hydrogen-bond acceptors (Lipinski definition) is 1. The number of Topliss-reactive ketones (excluding diaryl/α,β-unsaturated/α-hetero) is 1. The molecule has 0 aromatic heterocycles. The number of ketones is 1. The van der Waals surface area contributed by atoms with E-state index in [1.165, 1.54) is 82.6 Å². The van der Waals surface area contributed by atoms with Gasteiger partial charge in [0.15, 0.2) is 5.78 Å². The zero-order valence-electron chi connectivity index (χ0n) is 17.1. The fraction of sp³-hybridized carbons (Fsp3) is 0.640. The van der Waals surface area contributed by atoms with Crippen molar-refractivity contribution in [2.75, 3.05) is 0 Å². The summed E-state index contributed by atoms with van der Waals surface area (Å²) in [6.45, 7) is 6.02. The minimum absolute atomic E-state index is 0.290. The summed E-state index contributed by atoms with van der Waals surface area (Å²) in [6.07, 6.45) is 20.9. The van der Waals surface area contributed by atoms with Crippen molar-refractivity contribution in [1.82, 2.24) is 0 Å². The highest BCUT2D eigenvalue weighted by Crippen LogP contribution is 2.14. The summed E-state index contributed by atoms with van der Waals surface area (Å²) in [7, 11) is 0. The van der Waals surface area contributed by atoms with Gasteiger partial charge >= 0.3 is 0 Å². The van der Waals surface area contributed by atoms with Crippen molar-refractivity contribution in [3.05, 3.63) is 48.0 Å². The van der Waals surface area contributed by atoms with E-state index in [1.54, 1.807) is 0 Å². The van der Waals surface area contributed by atoms with Gasteiger partial charge in [0.1, 0.15) is 0 Å². The summed E-state index contributed by atoms with van der Waals surface area (Å²) in [5.41, 5.74) is 2.08. The molecule has 1 aromatic carbocycles. The third-order valence-corrected chi connectivity index (χ3v) is 5.16. The fourth-order valence-corrected chi connectivity index (χ4v) is 3.44. The van der Waals surface area contributed by atoms with Gasteiger partial charge in [0, 0.05) is 12.0 Å². The van der Waals surface area contributed by atoms with Crippen LogP contribution in [0.15, 0.2) is 36.9 Å². The van der Waals surface area contributed by atoms with Crippen LogP contribution in [0.5, 0.6) is 0 Å². The molecule has 0 fully saturated rings. The van der Waals surface area contributed by atoms with Crippen LogP contribution in [0.4, 0.5) is 0 Å². The number of rotatable bonds is 17. The predicted octanol–water partition coefficient (Wildman–Crippen LogP) is 8.08. The Labute approximate surface area is 162 Å². The number of hydrogen-bond donors (Lipinski definition) is 0. The quantitative estimate of drug-likeness (QED) is 0.157. The molecule has 1 nitrogen and oxygen atoms in total. The average molecular weight is 357 g/mol.